The quantitative estimate of drug-likeness (QED) is 0.0537. The minimum Gasteiger partial charge on any atom is -0.481 e. The van der Waals surface area contributed by atoms with Crippen LogP contribution in [0.15, 0.2) is 113 Å². The van der Waals surface area contributed by atoms with Crippen LogP contribution in [0.5, 0.6) is 17.6 Å². The number of anilines is 5. The molecule has 42 nitrogen and oxygen atoms in total. The Morgan fingerprint density at radius 1 is 0.295 bits per heavy atom. The molecule has 9 fully saturated rings. The number of methoxy groups -OCH3 is 2. The van der Waals surface area contributed by atoms with Gasteiger partial charge in [-0.3, -0.25) is 0 Å². The predicted octanol–water partition coefficient (Wildman–Crippen LogP) is 13.0. The van der Waals surface area contributed by atoms with Gasteiger partial charge in [-0.2, -0.15) is 21.8 Å². The average Bonchev–Trinajstić information content (AvgIpc) is 0.803. The molecule has 9 aliphatic rings. The lowest BCUT2D eigenvalue weighted by molar-refractivity contribution is 0.0430. The van der Waals surface area contributed by atoms with Gasteiger partial charge in [0.15, 0.2) is 58.2 Å². The lowest BCUT2D eigenvalue weighted by Gasteiger charge is -2.34. The zero-order valence-electron chi connectivity index (χ0n) is 85.7. The maximum atomic E-state index is 13.1. The van der Waals surface area contributed by atoms with Crippen LogP contribution in [0.25, 0.3) is 56.9 Å². The summed E-state index contributed by atoms with van der Waals surface area (Å²) in [5.41, 5.74) is 7.76. The monoisotopic (exact) mass is 2150 g/mol. The molecule has 9 saturated heterocycles. The number of hydrogen-bond acceptors (Lipinski definition) is 42. The van der Waals surface area contributed by atoms with Crippen molar-refractivity contribution in [3.8, 4) is 74.6 Å². The lowest BCUT2D eigenvalue weighted by atomic mass is 10.2. The number of halogens is 2. The molecule has 0 saturated carbocycles. The second kappa shape index (κ2) is 48.4. The van der Waals surface area contributed by atoms with E-state index in [1.165, 1.54) is 0 Å². The standard InChI is InChI=1S/2C20H27N5O4S.2C19H24ClN5O3S.C19H27N5O3S/c2*1-13-7-15(8-19(21-13)27-3)20-22-17(24-30(4,26)16-11-29-12-16)9-18(23-20)25-5-6-28-10-14(25)2;2*1-12-6-14(7-16(20)21-12)19-22-17(24-29(3,26)15-10-28-11-15)8-18(23-19)25-4-5-27-9-13(25)2;1-6-27-18-10-15(9-13(2)20-18)19-21-16(23-28(4,5)25)11-17(22-19)24-7-8-26-12-14(24)3/h2*7-9,14,16H,5-6,10-12H2,1-4H3;2*6-8,13,15H,4-5,9-11H2,1-3H3;9-11,14H,6-8,12H2,1-5H3/t14-,30?;14-,30+;13-,29+;13-,29-;14-/m11111/s1. The number of morpholine rings is 5. The molecular weight excluding hydrogens is 2020 g/mol. The highest BCUT2D eigenvalue weighted by Gasteiger charge is 2.35. The topological polar surface area (TPSA) is 467 Å². The summed E-state index contributed by atoms with van der Waals surface area (Å²) in [6, 6.07) is 28.1. The van der Waals surface area contributed by atoms with E-state index in [0.29, 0.717) is 238 Å². The molecule has 0 N–H and O–H groups in total. The number of hydrogen-bond donors (Lipinski definition) is 0. The second-order valence-electron chi connectivity index (χ2n) is 37.3. The number of aromatic nitrogens is 15. The van der Waals surface area contributed by atoms with Crippen molar-refractivity contribution in [2.24, 2.45) is 21.8 Å². The highest BCUT2D eigenvalue weighted by atomic mass is 35.5. The first-order valence-electron chi connectivity index (χ1n) is 48.1. The summed E-state index contributed by atoms with van der Waals surface area (Å²) in [6.45, 7) is 35.8. The summed E-state index contributed by atoms with van der Waals surface area (Å²) in [4.78, 5) is 79.2. The van der Waals surface area contributed by atoms with Crippen LogP contribution in [-0.2, 0) is 91.3 Å². The smallest absolute Gasteiger partial charge is 0.214 e. The highest BCUT2D eigenvalue weighted by Crippen LogP contribution is 2.38. The minimum atomic E-state index is -2.48. The van der Waals surface area contributed by atoms with Crippen molar-refractivity contribution in [2.45, 2.75) is 127 Å². The van der Waals surface area contributed by atoms with Crippen LogP contribution in [-0.4, -0.2) is 357 Å². The Morgan fingerprint density at radius 2 is 0.514 bits per heavy atom. The maximum Gasteiger partial charge on any atom is 0.214 e. The third kappa shape index (κ3) is 29.0. The normalized spacial score (nSPS) is 21.0. The molecule has 0 radical (unpaired) electrons. The van der Waals surface area contributed by atoms with E-state index in [1.807, 2.05) is 77.9 Å². The van der Waals surface area contributed by atoms with Crippen molar-refractivity contribution in [1.29, 1.82) is 0 Å². The van der Waals surface area contributed by atoms with Gasteiger partial charge in [0.2, 0.25) is 17.6 Å². The molecule has 10 aromatic rings. The number of rotatable bonds is 23. The molecule has 0 aromatic carbocycles. The molecule has 9 aliphatic heterocycles. The molecule has 146 heavy (non-hydrogen) atoms. The molecule has 0 spiro atoms. The maximum absolute atomic E-state index is 13.1. The lowest BCUT2D eigenvalue weighted by Crippen LogP contribution is -2.44. The van der Waals surface area contributed by atoms with Gasteiger partial charge in [-0.1, -0.05) is 23.2 Å². The summed E-state index contributed by atoms with van der Waals surface area (Å²) in [5, 5.41) is 0.430. The van der Waals surface area contributed by atoms with E-state index in [0.717, 1.165) is 91.9 Å². The molecule has 0 amide bonds. The molecule has 49 heteroatoms. The van der Waals surface area contributed by atoms with Gasteiger partial charge in [0.25, 0.3) is 0 Å². The van der Waals surface area contributed by atoms with Gasteiger partial charge in [0, 0.05) is 185 Å². The first kappa shape index (κ1) is 110. The first-order chi connectivity index (χ1) is 69.6. The third-order valence-corrected chi connectivity index (χ3v) is 34.0. The van der Waals surface area contributed by atoms with Crippen molar-refractivity contribution >= 4 is 130 Å². The van der Waals surface area contributed by atoms with Gasteiger partial charge in [-0.15, -0.1) is 0 Å². The Labute approximate surface area is 864 Å². The molecule has 0 aliphatic carbocycles. The molecule has 19 rings (SSSR count). The Hall–Kier alpha value is -10.5. The van der Waals surface area contributed by atoms with Crippen LogP contribution >= 0.6 is 23.2 Å². The fraction of sp³-hybridized carbons (Fsp3) is 0.536. The van der Waals surface area contributed by atoms with E-state index in [1.54, 1.807) is 106 Å². The molecular formula is C97H129Cl2N25O17S5. The van der Waals surface area contributed by atoms with Crippen LogP contribution in [0.4, 0.5) is 58.2 Å². The largest absolute Gasteiger partial charge is 0.481 e. The van der Waals surface area contributed by atoms with Gasteiger partial charge >= 0.3 is 0 Å². The molecule has 788 valence electrons. The fourth-order valence-corrected chi connectivity index (χ4v) is 22.7. The van der Waals surface area contributed by atoms with Crippen molar-refractivity contribution < 1.29 is 77.9 Å². The van der Waals surface area contributed by atoms with Crippen LogP contribution in [0, 0.1) is 34.6 Å². The number of pyridine rings is 5. The SMILES string of the molecule is CCOc1cc(-c2nc(N=S(C)(C)=O)cc(N3CCOC[C@H]3C)n2)cc(C)n1.COc1cc(-c2nc(N=S(C)(=O)C3COC3)cc(N3CCOC[C@H]3C)n2)cc(C)n1.COc1cc(-c2nc(N=[S@@](C)(=O)C3COC3)cc(N3CCOC[C@H]3C)n2)cc(C)n1.Cc1cc(-c2nc(N=[S@@](C)(=O)C3COC3)cc(N3CCOC[C@H]3C)n2)cc(Cl)n1.Cc1cc(-c2nc(N=[S@](C)(=O)C3COC3)cc(N3CCOC[C@H]3C)n2)cc(Cl)n1. The summed E-state index contributed by atoms with van der Waals surface area (Å²) in [6.07, 6.45) is 9.83. The average molecular weight is 2150 g/mol. The predicted molar refractivity (Wildman–Crippen MR) is 568 cm³/mol. The zero-order chi connectivity index (χ0) is 104. The van der Waals surface area contributed by atoms with Crippen molar-refractivity contribution in [1.82, 2.24) is 74.8 Å². The first-order valence-corrected chi connectivity index (χ1v) is 59.1. The van der Waals surface area contributed by atoms with Crippen molar-refractivity contribution in [3.63, 3.8) is 0 Å². The van der Waals surface area contributed by atoms with Crippen LogP contribution in [0.3, 0.4) is 0 Å². The zero-order valence-corrected chi connectivity index (χ0v) is 91.3. The van der Waals surface area contributed by atoms with Gasteiger partial charge in [0.05, 0.1) is 230 Å². The molecule has 1 unspecified atom stereocenters. The Kier molecular flexibility index (Phi) is 36.4. The fourth-order valence-electron chi connectivity index (χ4n) is 16.4. The number of ether oxygens (including phenoxy) is 12. The van der Waals surface area contributed by atoms with Crippen molar-refractivity contribution in [2.75, 3.05) is 235 Å². The van der Waals surface area contributed by atoms with E-state index >= 15 is 0 Å². The number of nitrogens with zero attached hydrogens (tertiary/aromatic N) is 25. The third-order valence-electron chi connectivity index (χ3n) is 24.8. The van der Waals surface area contributed by atoms with Crippen LogP contribution < -0.4 is 38.7 Å². The van der Waals surface area contributed by atoms with E-state index < -0.39 is 48.6 Å². The van der Waals surface area contributed by atoms with Gasteiger partial charge in [-0.25, -0.2) is 95.8 Å². The summed E-state index contributed by atoms with van der Waals surface area (Å²) in [7, 11) is -9.11. The van der Waals surface area contributed by atoms with Crippen LogP contribution in [0.1, 0.15) is 70.0 Å². The van der Waals surface area contributed by atoms with Crippen molar-refractivity contribution in [3.05, 3.63) is 130 Å². The van der Waals surface area contributed by atoms with E-state index in [-0.39, 0.29) is 51.2 Å². The summed E-state index contributed by atoms with van der Waals surface area (Å²) < 4.78 is 152. The highest BCUT2D eigenvalue weighted by molar-refractivity contribution is 7.94. The van der Waals surface area contributed by atoms with Gasteiger partial charge in [-0.05, 0) is 119 Å². The molecule has 19 heterocycles. The molecule has 9 atom stereocenters. The molecule has 0 bridgehead atoms. The van der Waals surface area contributed by atoms with E-state index in [4.69, 9.17) is 105 Å². The Bertz CT molecular complexity index is 6670. The van der Waals surface area contributed by atoms with E-state index in [2.05, 4.69) is 131 Å². The molecule has 10 aromatic heterocycles. The van der Waals surface area contributed by atoms with E-state index in [9.17, 15) is 21.0 Å². The minimum absolute atomic E-state index is 0.0788. The van der Waals surface area contributed by atoms with Crippen LogP contribution in [0.2, 0.25) is 10.3 Å². The summed E-state index contributed by atoms with van der Waals surface area (Å²) >= 11 is 12.3. The van der Waals surface area contributed by atoms with Gasteiger partial charge < -0.3 is 81.3 Å². The summed E-state index contributed by atoms with van der Waals surface area (Å²) in [5.74, 6) is 9.65. The Morgan fingerprint density at radius 3 is 0.719 bits per heavy atom. The second-order valence-corrected chi connectivity index (χ2v) is 50.9. The number of aryl methyl sites for hydroxylation is 5. The Balaban J connectivity index is 0.000000137. The van der Waals surface area contributed by atoms with Gasteiger partial charge in [0.1, 0.15) is 39.4 Å².